The highest BCUT2D eigenvalue weighted by Crippen LogP contribution is 2.40. The van der Waals surface area contributed by atoms with E-state index in [-0.39, 0.29) is 11.7 Å². The van der Waals surface area contributed by atoms with Gasteiger partial charge in [0.2, 0.25) is 5.91 Å². The van der Waals surface area contributed by atoms with Crippen LogP contribution in [-0.4, -0.2) is 35.3 Å². The van der Waals surface area contributed by atoms with E-state index in [1.54, 1.807) is 41.3 Å². The molecule has 0 bridgehead atoms. The topological polar surface area (TPSA) is 46.6 Å². The highest BCUT2D eigenvalue weighted by atomic mass is 35.5. The molecule has 2 heterocycles. The van der Waals surface area contributed by atoms with E-state index in [2.05, 4.69) is 0 Å². The number of rotatable bonds is 2. The Bertz CT molecular complexity index is 962. The minimum absolute atomic E-state index is 0.0436. The van der Waals surface area contributed by atoms with Gasteiger partial charge in [-0.1, -0.05) is 41.4 Å². The number of likely N-dealkylation sites (tertiary alicyclic amines) is 1. The normalized spacial score (nSPS) is 18.2. The first-order chi connectivity index (χ1) is 13.5. The number of fused-ring (bicyclic) bond motifs is 1. The molecule has 4 rings (SSSR count). The second-order valence-corrected chi connectivity index (χ2v) is 8.05. The maximum absolute atomic E-state index is 12.6. The van der Waals surface area contributed by atoms with Crippen LogP contribution in [0.1, 0.15) is 35.2 Å². The fourth-order valence-electron chi connectivity index (χ4n) is 3.76. The molecule has 0 radical (unpaired) electrons. The Morgan fingerprint density at radius 3 is 2.61 bits per heavy atom. The summed E-state index contributed by atoms with van der Waals surface area (Å²) in [5.41, 5.74) is 0.808. The van der Waals surface area contributed by atoms with Gasteiger partial charge in [-0.3, -0.25) is 9.59 Å². The van der Waals surface area contributed by atoms with Crippen LogP contribution >= 0.6 is 23.2 Å². The molecule has 0 aromatic heterocycles. The minimum atomic E-state index is -0.541. The van der Waals surface area contributed by atoms with Gasteiger partial charge in [0.25, 0.3) is 0 Å². The molecule has 1 spiro atoms. The summed E-state index contributed by atoms with van der Waals surface area (Å²) < 4.78 is 6.21. The molecule has 6 heteroatoms. The van der Waals surface area contributed by atoms with Gasteiger partial charge in [-0.2, -0.15) is 0 Å². The highest BCUT2D eigenvalue weighted by Gasteiger charge is 2.43. The van der Waals surface area contributed by atoms with E-state index < -0.39 is 5.60 Å². The molecular weight excluding hydrogens is 397 g/mol. The minimum Gasteiger partial charge on any atom is -0.486 e. The number of ketones is 1. The van der Waals surface area contributed by atoms with Gasteiger partial charge < -0.3 is 9.64 Å². The zero-order chi connectivity index (χ0) is 19.7. The molecule has 1 saturated heterocycles. The van der Waals surface area contributed by atoms with Gasteiger partial charge in [-0.25, -0.2) is 0 Å². The first-order valence-corrected chi connectivity index (χ1v) is 9.95. The molecule has 1 fully saturated rings. The number of carbonyl (C=O) groups is 2. The summed E-state index contributed by atoms with van der Waals surface area (Å²) in [6.07, 6.45) is 4.83. The standard InChI is InChI=1S/C22H19Cl2NO3/c23-16-6-7-20-17(13-16)19(26)14-22(28-20)9-11-25(12-10-22)21(27)8-5-15-3-1-2-4-18(15)24/h1-8,13H,9-12,14H2/b8-5+. The van der Waals surface area contributed by atoms with Crippen molar-refractivity contribution in [2.24, 2.45) is 0 Å². The highest BCUT2D eigenvalue weighted by molar-refractivity contribution is 6.32. The molecule has 144 valence electrons. The molecule has 0 saturated carbocycles. The Morgan fingerprint density at radius 2 is 1.86 bits per heavy atom. The van der Waals surface area contributed by atoms with E-state index in [0.29, 0.717) is 53.7 Å². The van der Waals surface area contributed by atoms with Gasteiger partial charge in [0, 0.05) is 42.1 Å². The van der Waals surface area contributed by atoms with Crippen molar-refractivity contribution in [3.63, 3.8) is 0 Å². The third-order valence-electron chi connectivity index (χ3n) is 5.35. The van der Waals surface area contributed by atoms with Crippen LogP contribution in [0.4, 0.5) is 0 Å². The summed E-state index contributed by atoms with van der Waals surface area (Å²) in [5, 5.41) is 1.13. The van der Waals surface area contributed by atoms with E-state index in [9.17, 15) is 9.59 Å². The van der Waals surface area contributed by atoms with Gasteiger partial charge in [-0.05, 0) is 35.9 Å². The Labute approximate surface area is 173 Å². The molecule has 0 unspecified atom stereocenters. The molecule has 0 aliphatic carbocycles. The Balaban J connectivity index is 1.42. The van der Waals surface area contributed by atoms with Crippen LogP contribution in [0.3, 0.4) is 0 Å². The fraction of sp³-hybridized carbons (Fsp3) is 0.273. The largest absolute Gasteiger partial charge is 0.486 e. The number of piperidine rings is 1. The zero-order valence-electron chi connectivity index (χ0n) is 15.2. The molecule has 1 amide bonds. The number of ether oxygens (including phenoxy) is 1. The molecule has 0 N–H and O–H groups in total. The lowest BCUT2D eigenvalue weighted by Crippen LogP contribution is -2.52. The molecular formula is C22H19Cl2NO3. The average Bonchev–Trinajstić information content (AvgIpc) is 2.68. The molecule has 2 aromatic carbocycles. The third-order valence-corrected chi connectivity index (χ3v) is 5.93. The molecule has 2 aromatic rings. The maximum Gasteiger partial charge on any atom is 0.246 e. The predicted octanol–water partition coefficient (Wildman–Crippen LogP) is 5.03. The second-order valence-electron chi connectivity index (χ2n) is 7.21. The van der Waals surface area contributed by atoms with E-state index in [0.717, 1.165) is 5.56 Å². The smallest absolute Gasteiger partial charge is 0.246 e. The third kappa shape index (κ3) is 3.80. The van der Waals surface area contributed by atoms with E-state index >= 15 is 0 Å². The SMILES string of the molecule is O=C1CC2(CCN(C(=O)/C=C/c3ccccc3Cl)CC2)Oc2ccc(Cl)cc21. The lowest BCUT2D eigenvalue weighted by molar-refractivity contribution is -0.129. The summed E-state index contributed by atoms with van der Waals surface area (Å²) >= 11 is 12.1. The van der Waals surface area contributed by atoms with Crippen molar-refractivity contribution in [2.45, 2.75) is 24.9 Å². The predicted molar refractivity (Wildman–Crippen MR) is 110 cm³/mol. The summed E-state index contributed by atoms with van der Waals surface area (Å²) in [7, 11) is 0. The maximum atomic E-state index is 12.6. The molecule has 2 aliphatic heterocycles. The number of benzene rings is 2. The Kier molecular flexibility index (Phi) is 5.17. The number of hydrogen-bond donors (Lipinski definition) is 0. The number of Topliss-reactive ketones (excluding diaryl/α,β-unsaturated/α-hetero) is 1. The van der Waals surface area contributed by atoms with Crippen LogP contribution in [0, 0.1) is 0 Å². The van der Waals surface area contributed by atoms with Crippen molar-refractivity contribution < 1.29 is 14.3 Å². The van der Waals surface area contributed by atoms with Gasteiger partial charge >= 0.3 is 0 Å². The van der Waals surface area contributed by atoms with Crippen molar-refractivity contribution in [3.8, 4) is 5.75 Å². The van der Waals surface area contributed by atoms with Crippen molar-refractivity contribution >= 4 is 41.0 Å². The summed E-state index contributed by atoms with van der Waals surface area (Å²) in [4.78, 5) is 26.9. The van der Waals surface area contributed by atoms with Crippen molar-refractivity contribution in [1.29, 1.82) is 0 Å². The lowest BCUT2D eigenvalue weighted by atomic mass is 9.82. The fourth-order valence-corrected chi connectivity index (χ4v) is 4.13. The monoisotopic (exact) mass is 415 g/mol. The van der Waals surface area contributed by atoms with Crippen LogP contribution in [0.2, 0.25) is 10.0 Å². The van der Waals surface area contributed by atoms with Gasteiger partial charge in [0.1, 0.15) is 11.4 Å². The quantitative estimate of drug-likeness (QED) is 0.645. The Morgan fingerprint density at radius 1 is 1.11 bits per heavy atom. The van der Waals surface area contributed by atoms with Crippen LogP contribution in [-0.2, 0) is 4.79 Å². The lowest BCUT2D eigenvalue weighted by Gasteiger charge is -2.43. The first kappa shape index (κ1) is 19.0. The van der Waals surface area contributed by atoms with Gasteiger partial charge in [-0.15, -0.1) is 0 Å². The first-order valence-electron chi connectivity index (χ1n) is 9.19. The van der Waals surface area contributed by atoms with Gasteiger partial charge in [0.05, 0.1) is 12.0 Å². The van der Waals surface area contributed by atoms with Crippen LogP contribution < -0.4 is 4.74 Å². The number of halogens is 2. The van der Waals surface area contributed by atoms with Crippen molar-refractivity contribution in [1.82, 2.24) is 4.90 Å². The zero-order valence-corrected chi connectivity index (χ0v) is 16.7. The van der Waals surface area contributed by atoms with E-state index in [4.69, 9.17) is 27.9 Å². The van der Waals surface area contributed by atoms with Crippen LogP contribution in [0.25, 0.3) is 6.08 Å². The van der Waals surface area contributed by atoms with Crippen molar-refractivity contribution in [2.75, 3.05) is 13.1 Å². The number of nitrogens with zero attached hydrogens (tertiary/aromatic N) is 1. The number of hydrogen-bond acceptors (Lipinski definition) is 3. The van der Waals surface area contributed by atoms with E-state index in [1.807, 2.05) is 18.2 Å². The number of amides is 1. The molecule has 4 nitrogen and oxygen atoms in total. The van der Waals surface area contributed by atoms with E-state index in [1.165, 1.54) is 0 Å². The average molecular weight is 416 g/mol. The summed E-state index contributed by atoms with van der Waals surface area (Å²) in [6.45, 7) is 1.09. The molecule has 28 heavy (non-hydrogen) atoms. The molecule has 2 aliphatic rings. The molecule has 0 atom stereocenters. The Hall–Kier alpha value is -2.30. The second kappa shape index (κ2) is 7.61. The van der Waals surface area contributed by atoms with Crippen molar-refractivity contribution in [3.05, 3.63) is 69.7 Å². The summed E-state index contributed by atoms with van der Waals surface area (Å²) in [6, 6.07) is 12.5. The number of carbonyl (C=O) groups excluding carboxylic acids is 2. The van der Waals surface area contributed by atoms with Crippen LogP contribution in [0.5, 0.6) is 5.75 Å². The van der Waals surface area contributed by atoms with Gasteiger partial charge in [0.15, 0.2) is 5.78 Å². The van der Waals surface area contributed by atoms with Crippen LogP contribution in [0.15, 0.2) is 48.5 Å². The summed E-state index contributed by atoms with van der Waals surface area (Å²) in [5.74, 6) is 0.560.